The van der Waals surface area contributed by atoms with Gasteiger partial charge < -0.3 is 14.4 Å². The summed E-state index contributed by atoms with van der Waals surface area (Å²) in [5, 5.41) is 17.5. The van der Waals surface area contributed by atoms with Gasteiger partial charge in [-0.05, 0) is 67.5 Å². The highest BCUT2D eigenvalue weighted by molar-refractivity contribution is 6.00. The molecular formula is C27H29F2N3O3. The molecule has 0 radical (unpaired) electrons. The fraction of sp³-hybridized carbons (Fsp3) is 0.407. The van der Waals surface area contributed by atoms with Gasteiger partial charge in [-0.15, -0.1) is 0 Å². The number of nitrogens with zero attached hydrogens (tertiary/aromatic N) is 2. The first kappa shape index (κ1) is 23.5. The van der Waals surface area contributed by atoms with E-state index in [1.807, 2.05) is 10.6 Å². The SMILES string of the molecule is COCC(C)(C)c1c(C2CCC(C(=O)O)CC2)c2c(F)c3[nH]ncc3cc2n1-c1ccc(F)cc1. The molecule has 35 heavy (non-hydrogen) atoms. The van der Waals surface area contributed by atoms with Crippen molar-refractivity contribution in [3.05, 3.63) is 59.4 Å². The largest absolute Gasteiger partial charge is 0.481 e. The summed E-state index contributed by atoms with van der Waals surface area (Å²) in [6.07, 6.45) is 3.98. The van der Waals surface area contributed by atoms with E-state index in [-0.39, 0.29) is 23.5 Å². The van der Waals surface area contributed by atoms with Crippen molar-refractivity contribution >= 4 is 27.8 Å². The predicted molar refractivity (Wildman–Crippen MR) is 130 cm³/mol. The van der Waals surface area contributed by atoms with E-state index in [1.54, 1.807) is 25.4 Å². The third-order valence-electron chi connectivity index (χ3n) is 7.36. The third kappa shape index (κ3) is 3.89. The Bertz CT molecular complexity index is 1400. The van der Waals surface area contributed by atoms with Gasteiger partial charge in [0.05, 0.1) is 24.2 Å². The zero-order chi connectivity index (χ0) is 24.9. The Morgan fingerprint density at radius 3 is 2.51 bits per heavy atom. The minimum Gasteiger partial charge on any atom is -0.481 e. The maximum absolute atomic E-state index is 16.2. The number of hydrogen-bond acceptors (Lipinski definition) is 3. The molecule has 6 nitrogen and oxygen atoms in total. The molecule has 0 unspecified atom stereocenters. The van der Waals surface area contributed by atoms with Crippen LogP contribution in [0.4, 0.5) is 8.78 Å². The number of nitrogens with one attached hydrogen (secondary N) is 1. The molecular weight excluding hydrogens is 452 g/mol. The zero-order valence-corrected chi connectivity index (χ0v) is 20.1. The van der Waals surface area contributed by atoms with Crippen molar-refractivity contribution in [2.45, 2.75) is 50.9 Å². The first-order chi connectivity index (χ1) is 16.7. The lowest BCUT2D eigenvalue weighted by atomic mass is 9.74. The second-order valence-corrected chi connectivity index (χ2v) is 10.2. The normalized spacial score (nSPS) is 19.0. The summed E-state index contributed by atoms with van der Waals surface area (Å²) in [5.74, 6) is -1.89. The average molecular weight is 482 g/mol. The van der Waals surface area contributed by atoms with Crippen molar-refractivity contribution < 1.29 is 23.4 Å². The molecule has 0 bridgehead atoms. The van der Waals surface area contributed by atoms with Crippen molar-refractivity contribution in [1.29, 1.82) is 0 Å². The van der Waals surface area contributed by atoms with Crippen molar-refractivity contribution in [3.63, 3.8) is 0 Å². The standard InChI is InChI=1S/C27H29F2N3O3/c1-27(2,14-35-3)25-21(15-4-6-16(7-5-15)26(33)34)22-20(12-17-13-30-31-24(17)23(22)29)32(25)19-10-8-18(28)9-11-19/h8-13,15-16H,4-7,14H2,1-3H3,(H,30,31)(H,33,34). The van der Waals surface area contributed by atoms with Crippen molar-refractivity contribution in [2.75, 3.05) is 13.7 Å². The second kappa shape index (κ2) is 8.75. The van der Waals surface area contributed by atoms with Crippen molar-refractivity contribution in [1.82, 2.24) is 14.8 Å². The summed E-state index contributed by atoms with van der Waals surface area (Å²) in [7, 11) is 1.64. The van der Waals surface area contributed by atoms with Gasteiger partial charge in [0.15, 0.2) is 5.82 Å². The molecule has 1 aliphatic carbocycles. The number of halogens is 2. The van der Waals surface area contributed by atoms with E-state index in [4.69, 9.17) is 4.74 Å². The van der Waals surface area contributed by atoms with E-state index in [9.17, 15) is 14.3 Å². The number of aliphatic carboxylic acids is 1. The molecule has 0 aliphatic heterocycles. The van der Waals surface area contributed by atoms with E-state index in [1.165, 1.54) is 12.1 Å². The van der Waals surface area contributed by atoms with Gasteiger partial charge in [-0.25, -0.2) is 8.78 Å². The molecule has 2 aromatic carbocycles. The van der Waals surface area contributed by atoms with E-state index in [0.717, 1.165) is 16.9 Å². The van der Waals surface area contributed by atoms with Gasteiger partial charge >= 0.3 is 5.97 Å². The van der Waals surface area contributed by atoms with E-state index >= 15 is 4.39 Å². The van der Waals surface area contributed by atoms with Gasteiger partial charge in [0.2, 0.25) is 0 Å². The smallest absolute Gasteiger partial charge is 0.306 e. The third-order valence-corrected chi connectivity index (χ3v) is 7.36. The van der Waals surface area contributed by atoms with Crippen LogP contribution in [0.25, 0.3) is 27.5 Å². The fourth-order valence-electron chi connectivity index (χ4n) is 5.81. The molecule has 2 N–H and O–H groups in total. The number of ether oxygens (including phenoxy) is 1. The number of carboxylic acid groups (broad SMARTS) is 1. The van der Waals surface area contributed by atoms with Crippen LogP contribution in [-0.4, -0.2) is 39.6 Å². The fourth-order valence-corrected chi connectivity index (χ4v) is 5.81. The quantitative estimate of drug-likeness (QED) is 0.350. The molecule has 2 aromatic heterocycles. The highest BCUT2D eigenvalue weighted by Gasteiger charge is 2.38. The zero-order valence-electron chi connectivity index (χ0n) is 20.1. The van der Waals surface area contributed by atoms with Crippen LogP contribution in [0.3, 0.4) is 0 Å². The Kier molecular flexibility index (Phi) is 5.87. The number of carbonyl (C=O) groups is 1. The Hall–Kier alpha value is -3.26. The minimum atomic E-state index is -0.775. The summed E-state index contributed by atoms with van der Waals surface area (Å²) in [4.78, 5) is 11.6. The molecule has 0 atom stereocenters. The molecule has 1 saturated carbocycles. The number of hydrogen-bond donors (Lipinski definition) is 2. The lowest BCUT2D eigenvalue weighted by Crippen LogP contribution is -2.29. The first-order valence-corrected chi connectivity index (χ1v) is 11.9. The van der Waals surface area contributed by atoms with E-state index in [2.05, 4.69) is 24.0 Å². The topological polar surface area (TPSA) is 80.1 Å². The molecule has 1 fully saturated rings. The Morgan fingerprint density at radius 2 is 1.89 bits per heavy atom. The number of methoxy groups -OCH3 is 1. The maximum Gasteiger partial charge on any atom is 0.306 e. The second-order valence-electron chi connectivity index (χ2n) is 10.2. The summed E-state index contributed by atoms with van der Waals surface area (Å²) in [6.45, 7) is 4.51. The van der Waals surface area contributed by atoms with Crippen LogP contribution < -0.4 is 0 Å². The average Bonchev–Trinajstić information content (AvgIpc) is 3.43. The number of carboxylic acids is 1. The van der Waals surface area contributed by atoms with Crippen molar-refractivity contribution in [3.8, 4) is 5.69 Å². The summed E-state index contributed by atoms with van der Waals surface area (Å²) in [5.41, 5.74) is 3.01. The molecule has 184 valence electrons. The molecule has 0 amide bonds. The number of fused-ring (bicyclic) bond motifs is 2. The number of aromatic nitrogens is 3. The van der Waals surface area contributed by atoms with Crippen LogP contribution in [0, 0.1) is 17.6 Å². The van der Waals surface area contributed by atoms with Crippen molar-refractivity contribution in [2.24, 2.45) is 5.92 Å². The van der Waals surface area contributed by atoms with Crippen LogP contribution in [0.15, 0.2) is 36.5 Å². The van der Waals surface area contributed by atoms with Crippen LogP contribution in [0.5, 0.6) is 0 Å². The minimum absolute atomic E-state index is 0.0178. The molecule has 1 aliphatic rings. The number of rotatable bonds is 6. The highest BCUT2D eigenvalue weighted by atomic mass is 19.1. The lowest BCUT2D eigenvalue weighted by Gasteiger charge is -2.32. The summed E-state index contributed by atoms with van der Waals surface area (Å²) < 4.78 is 37.7. The van der Waals surface area contributed by atoms with E-state index < -0.39 is 11.4 Å². The molecule has 0 spiro atoms. The number of benzene rings is 2. The van der Waals surface area contributed by atoms with Gasteiger partial charge in [-0.3, -0.25) is 9.89 Å². The van der Waals surface area contributed by atoms with Gasteiger partial charge in [-0.2, -0.15) is 5.10 Å². The van der Waals surface area contributed by atoms with Crippen LogP contribution in [0.1, 0.15) is 56.7 Å². The van der Waals surface area contributed by atoms with Gasteiger partial charge in [0.25, 0.3) is 0 Å². The maximum atomic E-state index is 16.2. The van der Waals surface area contributed by atoms with Gasteiger partial charge in [0, 0.05) is 34.7 Å². The molecule has 2 heterocycles. The van der Waals surface area contributed by atoms with Crippen LogP contribution in [-0.2, 0) is 14.9 Å². The molecule has 8 heteroatoms. The summed E-state index contributed by atoms with van der Waals surface area (Å²) >= 11 is 0. The van der Waals surface area contributed by atoms with Gasteiger partial charge in [-0.1, -0.05) is 13.8 Å². The summed E-state index contributed by atoms with van der Waals surface area (Å²) in [6, 6.07) is 8.12. The van der Waals surface area contributed by atoms with Gasteiger partial charge in [0.1, 0.15) is 11.3 Å². The Morgan fingerprint density at radius 1 is 1.20 bits per heavy atom. The number of aromatic amines is 1. The Labute approximate surface area is 201 Å². The molecule has 5 rings (SSSR count). The molecule has 0 saturated heterocycles. The lowest BCUT2D eigenvalue weighted by molar-refractivity contribution is -0.142. The monoisotopic (exact) mass is 481 g/mol. The number of H-pyrrole nitrogens is 1. The molecule has 4 aromatic rings. The van der Waals surface area contributed by atoms with E-state index in [0.29, 0.717) is 54.1 Å². The Balaban J connectivity index is 1.86. The van der Waals surface area contributed by atoms with Crippen LogP contribution >= 0.6 is 0 Å². The van der Waals surface area contributed by atoms with Crippen LogP contribution in [0.2, 0.25) is 0 Å². The predicted octanol–water partition coefficient (Wildman–Crippen LogP) is 6.07. The highest BCUT2D eigenvalue weighted by Crippen LogP contribution is 2.48. The first-order valence-electron chi connectivity index (χ1n) is 11.9.